The first-order valence-corrected chi connectivity index (χ1v) is 6.07. The number of unbranched alkanes of at least 4 members (excludes halogenated alkanes) is 2. The standard InChI is InChI=1S/C7H13ClO2S/c1-2-3-4-5-6-7-11(8,9)10/h2-3H,4-7H2,1H3. The van der Waals surface area contributed by atoms with Crippen LogP contribution >= 0.6 is 10.7 Å². The maximum absolute atomic E-state index is 10.4. The zero-order valence-electron chi connectivity index (χ0n) is 6.59. The number of hydrogen-bond acceptors (Lipinski definition) is 2. The molecule has 66 valence electrons. The molecule has 0 rings (SSSR count). The average molecular weight is 197 g/mol. The Morgan fingerprint density at radius 2 is 2.00 bits per heavy atom. The van der Waals surface area contributed by atoms with E-state index in [1.807, 2.05) is 19.1 Å². The van der Waals surface area contributed by atoms with E-state index < -0.39 is 9.05 Å². The van der Waals surface area contributed by atoms with Crippen molar-refractivity contribution in [3.63, 3.8) is 0 Å². The molecule has 11 heavy (non-hydrogen) atoms. The van der Waals surface area contributed by atoms with Gasteiger partial charge in [-0.1, -0.05) is 12.2 Å². The molecule has 0 unspecified atom stereocenters. The molecule has 0 aliphatic carbocycles. The van der Waals surface area contributed by atoms with Crippen LogP contribution in [0.4, 0.5) is 0 Å². The molecule has 0 saturated heterocycles. The summed E-state index contributed by atoms with van der Waals surface area (Å²) in [6.45, 7) is 1.94. The van der Waals surface area contributed by atoms with Gasteiger partial charge in [-0.2, -0.15) is 0 Å². The summed E-state index contributed by atoms with van der Waals surface area (Å²) in [5.41, 5.74) is 0. The van der Waals surface area contributed by atoms with Crippen LogP contribution in [0.5, 0.6) is 0 Å². The predicted octanol–water partition coefficient (Wildman–Crippen LogP) is 2.30. The van der Waals surface area contributed by atoms with E-state index in [1.165, 1.54) is 0 Å². The molecular weight excluding hydrogens is 184 g/mol. The summed E-state index contributed by atoms with van der Waals surface area (Å²) in [7, 11) is 1.74. The van der Waals surface area contributed by atoms with Crippen LogP contribution in [0, 0.1) is 0 Å². The molecule has 0 aromatic heterocycles. The van der Waals surface area contributed by atoms with Crippen LogP contribution in [0.3, 0.4) is 0 Å². The van der Waals surface area contributed by atoms with Gasteiger partial charge in [-0.15, -0.1) is 0 Å². The topological polar surface area (TPSA) is 34.1 Å². The van der Waals surface area contributed by atoms with Gasteiger partial charge in [0.2, 0.25) is 9.05 Å². The summed E-state index contributed by atoms with van der Waals surface area (Å²) in [5, 5.41) is 0. The molecule has 0 atom stereocenters. The Kier molecular flexibility index (Phi) is 5.60. The van der Waals surface area contributed by atoms with Crippen LogP contribution in [0.2, 0.25) is 0 Å². The molecule has 4 heteroatoms. The molecule has 0 N–H and O–H groups in total. The van der Waals surface area contributed by atoms with Crippen LogP contribution in [-0.4, -0.2) is 14.2 Å². The predicted molar refractivity (Wildman–Crippen MR) is 48.3 cm³/mol. The molecule has 0 fully saturated rings. The number of rotatable bonds is 5. The van der Waals surface area contributed by atoms with E-state index in [4.69, 9.17) is 10.7 Å². The SMILES string of the molecule is CC=CCCCCS(=O)(=O)Cl. The molecule has 0 aliphatic rings. The van der Waals surface area contributed by atoms with E-state index in [9.17, 15) is 8.42 Å². The van der Waals surface area contributed by atoms with Crippen molar-refractivity contribution in [2.24, 2.45) is 0 Å². The Hall–Kier alpha value is -0.0200. The fourth-order valence-corrected chi connectivity index (χ4v) is 1.58. The fourth-order valence-electron chi connectivity index (χ4n) is 0.703. The monoisotopic (exact) mass is 196 g/mol. The van der Waals surface area contributed by atoms with Crippen LogP contribution < -0.4 is 0 Å². The lowest BCUT2D eigenvalue weighted by Crippen LogP contribution is -1.95. The third-order valence-corrected chi connectivity index (χ3v) is 2.48. The van der Waals surface area contributed by atoms with Crippen molar-refractivity contribution in [3.05, 3.63) is 12.2 Å². The van der Waals surface area contributed by atoms with Crippen molar-refractivity contribution in [2.75, 3.05) is 5.75 Å². The maximum atomic E-state index is 10.4. The third kappa shape index (κ3) is 9.98. The number of halogens is 1. The highest BCUT2D eigenvalue weighted by molar-refractivity contribution is 8.13. The first-order chi connectivity index (χ1) is 5.06. The summed E-state index contributed by atoms with van der Waals surface area (Å²) in [6, 6.07) is 0. The Morgan fingerprint density at radius 1 is 1.36 bits per heavy atom. The van der Waals surface area contributed by atoms with Crippen LogP contribution in [-0.2, 0) is 9.05 Å². The van der Waals surface area contributed by atoms with Gasteiger partial charge < -0.3 is 0 Å². The molecule has 2 nitrogen and oxygen atoms in total. The lowest BCUT2D eigenvalue weighted by Gasteiger charge is -1.93. The van der Waals surface area contributed by atoms with Gasteiger partial charge >= 0.3 is 0 Å². The van der Waals surface area contributed by atoms with E-state index >= 15 is 0 Å². The molecular formula is C7H13ClO2S. The van der Waals surface area contributed by atoms with Gasteiger partial charge in [0.05, 0.1) is 5.75 Å². The van der Waals surface area contributed by atoms with Crippen molar-refractivity contribution in [2.45, 2.75) is 26.2 Å². The zero-order chi connectivity index (χ0) is 8.74. The van der Waals surface area contributed by atoms with Crippen molar-refractivity contribution in [1.29, 1.82) is 0 Å². The third-order valence-electron chi connectivity index (χ3n) is 1.24. The summed E-state index contributed by atoms with van der Waals surface area (Å²) >= 11 is 0. The van der Waals surface area contributed by atoms with E-state index in [2.05, 4.69) is 0 Å². The molecule has 0 spiro atoms. The summed E-state index contributed by atoms with van der Waals surface area (Å²) < 4.78 is 20.8. The minimum atomic E-state index is -3.26. The second kappa shape index (κ2) is 5.61. The van der Waals surface area contributed by atoms with E-state index in [0.717, 1.165) is 12.8 Å². The summed E-state index contributed by atoms with van der Waals surface area (Å²) in [4.78, 5) is 0. The number of hydrogen-bond donors (Lipinski definition) is 0. The highest BCUT2D eigenvalue weighted by Crippen LogP contribution is 2.03. The van der Waals surface area contributed by atoms with E-state index in [1.54, 1.807) is 0 Å². The van der Waals surface area contributed by atoms with Gasteiger partial charge in [0.1, 0.15) is 0 Å². The highest BCUT2D eigenvalue weighted by atomic mass is 35.7. The van der Waals surface area contributed by atoms with E-state index in [-0.39, 0.29) is 5.75 Å². The van der Waals surface area contributed by atoms with Crippen LogP contribution in [0.1, 0.15) is 26.2 Å². The zero-order valence-corrected chi connectivity index (χ0v) is 8.16. The molecule has 0 radical (unpaired) electrons. The second-order valence-corrected chi connectivity index (χ2v) is 5.20. The average Bonchev–Trinajstić information content (AvgIpc) is 1.85. The van der Waals surface area contributed by atoms with Crippen LogP contribution in [0.15, 0.2) is 12.2 Å². The molecule has 0 bridgehead atoms. The molecule has 0 saturated carbocycles. The normalized spacial score (nSPS) is 12.5. The highest BCUT2D eigenvalue weighted by Gasteiger charge is 2.02. The molecule has 0 aromatic carbocycles. The minimum Gasteiger partial charge on any atom is -0.212 e. The second-order valence-electron chi connectivity index (χ2n) is 2.31. The smallest absolute Gasteiger partial charge is 0.212 e. The Morgan fingerprint density at radius 3 is 2.45 bits per heavy atom. The van der Waals surface area contributed by atoms with Gasteiger partial charge in [-0.25, -0.2) is 8.42 Å². The molecule has 0 aliphatic heterocycles. The molecule has 0 heterocycles. The summed E-state index contributed by atoms with van der Waals surface area (Å²) in [6.07, 6.45) is 6.44. The first-order valence-electron chi connectivity index (χ1n) is 3.60. The van der Waals surface area contributed by atoms with Gasteiger partial charge in [-0.3, -0.25) is 0 Å². The van der Waals surface area contributed by atoms with E-state index in [0.29, 0.717) is 6.42 Å². The Labute approximate surface area is 72.7 Å². The lowest BCUT2D eigenvalue weighted by atomic mass is 10.2. The summed E-state index contributed by atoms with van der Waals surface area (Å²) in [5.74, 6) is 0.0894. The minimum absolute atomic E-state index is 0.0894. The lowest BCUT2D eigenvalue weighted by molar-refractivity contribution is 0.605. The quantitative estimate of drug-likeness (QED) is 0.384. The Balaban J connectivity index is 3.29. The maximum Gasteiger partial charge on any atom is 0.232 e. The molecule has 0 aromatic rings. The van der Waals surface area contributed by atoms with Crippen molar-refractivity contribution >= 4 is 19.7 Å². The van der Waals surface area contributed by atoms with Gasteiger partial charge in [0.25, 0.3) is 0 Å². The van der Waals surface area contributed by atoms with Crippen molar-refractivity contribution in [3.8, 4) is 0 Å². The number of allylic oxidation sites excluding steroid dienone is 2. The van der Waals surface area contributed by atoms with Crippen molar-refractivity contribution < 1.29 is 8.42 Å². The van der Waals surface area contributed by atoms with Gasteiger partial charge in [0.15, 0.2) is 0 Å². The van der Waals surface area contributed by atoms with Crippen LogP contribution in [0.25, 0.3) is 0 Å². The molecule has 0 amide bonds. The first kappa shape index (κ1) is 11.0. The Bertz CT molecular complexity index is 206. The fraction of sp³-hybridized carbons (Fsp3) is 0.714. The van der Waals surface area contributed by atoms with Gasteiger partial charge in [0, 0.05) is 10.7 Å². The van der Waals surface area contributed by atoms with Crippen molar-refractivity contribution in [1.82, 2.24) is 0 Å². The largest absolute Gasteiger partial charge is 0.232 e. The van der Waals surface area contributed by atoms with Gasteiger partial charge in [-0.05, 0) is 26.2 Å².